The Balaban J connectivity index is 2.85. The maximum absolute atomic E-state index is 10.5. The van der Waals surface area contributed by atoms with E-state index in [4.69, 9.17) is 15.3 Å². The van der Waals surface area contributed by atoms with E-state index in [0.29, 0.717) is 5.76 Å². The molecule has 1 rings (SSSR count). The minimum atomic E-state index is -1.07. The Labute approximate surface area is 76.3 Å². The average Bonchev–Trinajstić information content (AvgIpc) is 2.50. The molecule has 3 N–H and O–H groups in total. The van der Waals surface area contributed by atoms with Gasteiger partial charge in [-0.15, -0.1) is 0 Å². The van der Waals surface area contributed by atoms with E-state index >= 15 is 0 Å². The Hall–Kier alpha value is -1.29. The molecule has 1 heterocycles. The van der Waals surface area contributed by atoms with E-state index in [-0.39, 0.29) is 17.7 Å². The van der Waals surface area contributed by atoms with Gasteiger partial charge in [0.05, 0.1) is 6.04 Å². The SMILES string of the molecule is CC(C)[C@H](N)c1ccc(C(=O)O)o1. The average molecular weight is 183 g/mol. The van der Waals surface area contributed by atoms with Gasteiger partial charge in [-0.05, 0) is 18.1 Å². The van der Waals surface area contributed by atoms with E-state index in [9.17, 15) is 4.79 Å². The maximum atomic E-state index is 10.5. The van der Waals surface area contributed by atoms with Gasteiger partial charge in [0, 0.05) is 0 Å². The van der Waals surface area contributed by atoms with Crippen molar-refractivity contribution in [2.75, 3.05) is 0 Å². The molecule has 0 bridgehead atoms. The summed E-state index contributed by atoms with van der Waals surface area (Å²) in [5.74, 6) is -0.381. The number of carboxylic acid groups (broad SMARTS) is 1. The zero-order valence-corrected chi connectivity index (χ0v) is 7.65. The second-order valence-corrected chi connectivity index (χ2v) is 3.28. The summed E-state index contributed by atoms with van der Waals surface area (Å²) >= 11 is 0. The maximum Gasteiger partial charge on any atom is 0.371 e. The van der Waals surface area contributed by atoms with Gasteiger partial charge in [-0.3, -0.25) is 0 Å². The fourth-order valence-electron chi connectivity index (χ4n) is 0.975. The van der Waals surface area contributed by atoms with Crippen molar-refractivity contribution in [3.8, 4) is 0 Å². The molecule has 1 atom stereocenters. The molecule has 0 radical (unpaired) electrons. The van der Waals surface area contributed by atoms with Crippen molar-refractivity contribution in [2.24, 2.45) is 11.7 Å². The van der Waals surface area contributed by atoms with Gasteiger partial charge < -0.3 is 15.3 Å². The van der Waals surface area contributed by atoms with Crippen LogP contribution in [0.4, 0.5) is 0 Å². The normalized spacial score (nSPS) is 13.2. The molecule has 4 heteroatoms. The number of furan rings is 1. The van der Waals surface area contributed by atoms with Crippen molar-refractivity contribution in [1.29, 1.82) is 0 Å². The summed E-state index contributed by atoms with van der Waals surface area (Å²) in [6.45, 7) is 3.90. The molecule has 0 aliphatic rings. The summed E-state index contributed by atoms with van der Waals surface area (Å²) in [5.41, 5.74) is 5.76. The molecular formula is C9H13NO3. The van der Waals surface area contributed by atoms with Crippen LogP contribution in [0.5, 0.6) is 0 Å². The number of hydrogen-bond acceptors (Lipinski definition) is 3. The Bertz CT molecular complexity index is 304. The number of hydrogen-bond donors (Lipinski definition) is 2. The van der Waals surface area contributed by atoms with Gasteiger partial charge in [0.2, 0.25) is 5.76 Å². The standard InChI is InChI=1S/C9H13NO3/c1-5(2)8(10)6-3-4-7(13-6)9(11)12/h3-5,8H,10H2,1-2H3,(H,11,12)/t8-/m0/s1. The molecule has 0 spiro atoms. The van der Waals surface area contributed by atoms with Crippen molar-refractivity contribution in [2.45, 2.75) is 19.9 Å². The summed E-state index contributed by atoms with van der Waals surface area (Å²) < 4.78 is 5.04. The molecule has 1 aromatic heterocycles. The third-order valence-corrected chi connectivity index (χ3v) is 1.88. The van der Waals surface area contributed by atoms with Crippen molar-refractivity contribution >= 4 is 5.97 Å². The van der Waals surface area contributed by atoms with Crippen LogP contribution in [0.25, 0.3) is 0 Å². The lowest BCUT2D eigenvalue weighted by atomic mass is 10.0. The molecule has 0 fully saturated rings. The second-order valence-electron chi connectivity index (χ2n) is 3.28. The van der Waals surface area contributed by atoms with Crippen molar-refractivity contribution in [1.82, 2.24) is 0 Å². The first-order valence-corrected chi connectivity index (χ1v) is 4.11. The van der Waals surface area contributed by atoms with Crippen molar-refractivity contribution in [3.05, 3.63) is 23.7 Å². The highest BCUT2D eigenvalue weighted by molar-refractivity contribution is 5.84. The predicted octanol–water partition coefficient (Wildman–Crippen LogP) is 1.63. The number of nitrogens with two attached hydrogens (primary N) is 1. The summed E-state index contributed by atoms with van der Waals surface area (Å²) in [5, 5.41) is 8.58. The molecule has 13 heavy (non-hydrogen) atoms. The first kappa shape index (κ1) is 9.80. The van der Waals surface area contributed by atoms with Crippen LogP contribution in [0.1, 0.15) is 36.2 Å². The van der Waals surface area contributed by atoms with Gasteiger partial charge in [0.15, 0.2) is 0 Å². The predicted molar refractivity (Wildman–Crippen MR) is 47.4 cm³/mol. The molecular weight excluding hydrogens is 170 g/mol. The first-order chi connectivity index (χ1) is 6.02. The number of aromatic carboxylic acids is 1. The Morgan fingerprint density at radius 2 is 2.15 bits per heavy atom. The zero-order chi connectivity index (χ0) is 10.0. The number of carbonyl (C=O) groups is 1. The first-order valence-electron chi connectivity index (χ1n) is 4.11. The smallest absolute Gasteiger partial charge is 0.371 e. The molecule has 0 amide bonds. The zero-order valence-electron chi connectivity index (χ0n) is 7.65. The van der Waals surface area contributed by atoms with Crippen LogP contribution in [0.2, 0.25) is 0 Å². The highest BCUT2D eigenvalue weighted by Gasteiger charge is 2.16. The minimum absolute atomic E-state index is 0.0638. The van der Waals surface area contributed by atoms with Crippen LogP contribution in [0, 0.1) is 5.92 Å². The van der Waals surface area contributed by atoms with Crippen LogP contribution in [-0.2, 0) is 0 Å². The van der Waals surface area contributed by atoms with E-state index in [2.05, 4.69) is 0 Å². The monoisotopic (exact) mass is 183 g/mol. The number of carboxylic acids is 1. The lowest BCUT2D eigenvalue weighted by Gasteiger charge is -2.11. The third-order valence-electron chi connectivity index (χ3n) is 1.88. The second kappa shape index (κ2) is 3.62. The molecule has 0 aliphatic heterocycles. The molecule has 0 aromatic carbocycles. The largest absolute Gasteiger partial charge is 0.475 e. The van der Waals surface area contributed by atoms with Crippen LogP contribution >= 0.6 is 0 Å². The lowest BCUT2D eigenvalue weighted by molar-refractivity contribution is 0.0659. The van der Waals surface area contributed by atoms with Gasteiger partial charge in [0.25, 0.3) is 0 Å². The van der Waals surface area contributed by atoms with Gasteiger partial charge in [-0.25, -0.2) is 4.79 Å². The molecule has 72 valence electrons. The van der Waals surface area contributed by atoms with Crippen LogP contribution in [-0.4, -0.2) is 11.1 Å². The van der Waals surface area contributed by atoms with E-state index in [1.165, 1.54) is 6.07 Å². The minimum Gasteiger partial charge on any atom is -0.475 e. The molecule has 0 aliphatic carbocycles. The molecule has 0 saturated heterocycles. The van der Waals surface area contributed by atoms with Gasteiger partial charge in [0.1, 0.15) is 5.76 Å². The molecule has 0 unspecified atom stereocenters. The van der Waals surface area contributed by atoms with Gasteiger partial charge in [-0.1, -0.05) is 13.8 Å². The van der Waals surface area contributed by atoms with Crippen molar-refractivity contribution < 1.29 is 14.3 Å². The summed E-state index contributed by atoms with van der Waals surface area (Å²) in [6, 6.07) is 2.78. The summed E-state index contributed by atoms with van der Waals surface area (Å²) in [7, 11) is 0. The topological polar surface area (TPSA) is 76.5 Å². The highest BCUT2D eigenvalue weighted by Crippen LogP contribution is 2.20. The van der Waals surface area contributed by atoms with Gasteiger partial charge in [-0.2, -0.15) is 0 Å². The van der Waals surface area contributed by atoms with Crippen LogP contribution in [0.3, 0.4) is 0 Å². The van der Waals surface area contributed by atoms with E-state index in [0.717, 1.165) is 0 Å². The quantitative estimate of drug-likeness (QED) is 0.746. The Morgan fingerprint density at radius 3 is 2.54 bits per heavy atom. The molecule has 1 aromatic rings. The van der Waals surface area contributed by atoms with Crippen LogP contribution < -0.4 is 5.73 Å². The Kier molecular flexibility index (Phi) is 2.72. The fourth-order valence-corrected chi connectivity index (χ4v) is 0.975. The highest BCUT2D eigenvalue weighted by atomic mass is 16.4. The van der Waals surface area contributed by atoms with E-state index in [1.54, 1.807) is 6.07 Å². The van der Waals surface area contributed by atoms with E-state index < -0.39 is 5.97 Å². The fraction of sp³-hybridized carbons (Fsp3) is 0.444. The Morgan fingerprint density at radius 1 is 1.54 bits per heavy atom. The van der Waals surface area contributed by atoms with Gasteiger partial charge >= 0.3 is 5.97 Å². The molecule has 4 nitrogen and oxygen atoms in total. The lowest BCUT2D eigenvalue weighted by Crippen LogP contribution is -2.15. The summed E-state index contributed by atoms with van der Waals surface area (Å²) in [6.07, 6.45) is 0. The third kappa shape index (κ3) is 2.09. The summed E-state index contributed by atoms with van der Waals surface area (Å²) in [4.78, 5) is 10.5. The number of rotatable bonds is 3. The molecule has 0 saturated carbocycles. The van der Waals surface area contributed by atoms with E-state index in [1.807, 2.05) is 13.8 Å². The van der Waals surface area contributed by atoms with Crippen LogP contribution in [0.15, 0.2) is 16.5 Å². The van der Waals surface area contributed by atoms with Crippen molar-refractivity contribution in [3.63, 3.8) is 0 Å².